The van der Waals surface area contributed by atoms with Crippen molar-refractivity contribution in [2.75, 3.05) is 20.3 Å². The molecular weight excluding hydrogens is 441 g/mol. The second-order valence-corrected chi connectivity index (χ2v) is 8.24. The van der Waals surface area contributed by atoms with Crippen molar-refractivity contribution in [3.8, 4) is 11.5 Å². The summed E-state index contributed by atoms with van der Waals surface area (Å²) in [6.07, 6.45) is 0. The summed E-state index contributed by atoms with van der Waals surface area (Å²) in [4.78, 5) is 0.208. The van der Waals surface area contributed by atoms with Gasteiger partial charge in [0.25, 0.3) is 0 Å². The van der Waals surface area contributed by atoms with Crippen LogP contribution in [0.15, 0.2) is 41.3 Å². The van der Waals surface area contributed by atoms with Crippen molar-refractivity contribution in [3.05, 3.63) is 51.1 Å². The van der Waals surface area contributed by atoms with Crippen molar-refractivity contribution in [2.45, 2.75) is 18.7 Å². The van der Waals surface area contributed by atoms with Crippen LogP contribution in [-0.4, -0.2) is 28.7 Å². The van der Waals surface area contributed by atoms with Gasteiger partial charge in [0.15, 0.2) is 0 Å². The van der Waals surface area contributed by atoms with Crippen molar-refractivity contribution in [2.24, 2.45) is 0 Å². The molecule has 2 rings (SSSR count). The maximum absolute atomic E-state index is 12.3. The number of nitrogens with one attached hydrogen (secondary N) is 1. The molecule has 2 aromatic rings. The molecular formula is C17H20INO4S. The Morgan fingerprint density at radius 1 is 1.08 bits per heavy atom. The number of ether oxygens (including phenoxy) is 2. The summed E-state index contributed by atoms with van der Waals surface area (Å²) in [7, 11) is -2.02. The molecule has 5 nitrogen and oxygen atoms in total. The Morgan fingerprint density at radius 2 is 1.83 bits per heavy atom. The van der Waals surface area contributed by atoms with E-state index in [2.05, 4.69) is 4.72 Å². The third kappa shape index (κ3) is 4.84. The van der Waals surface area contributed by atoms with E-state index in [4.69, 9.17) is 9.47 Å². The molecule has 2 aromatic carbocycles. The molecule has 0 radical (unpaired) electrons. The van der Waals surface area contributed by atoms with Crippen LogP contribution in [0, 0.1) is 17.4 Å². The molecule has 0 aliphatic heterocycles. The normalized spacial score (nSPS) is 11.3. The zero-order valence-electron chi connectivity index (χ0n) is 13.8. The van der Waals surface area contributed by atoms with Crippen LogP contribution in [0.4, 0.5) is 0 Å². The van der Waals surface area contributed by atoms with Gasteiger partial charge in [-0.2, -0.15) is 0 Å². The van der Waals surface area contributed by atoms with Crippen LogP contribution in [-0.2, 0) is 10.0 Å². The van der Waals surface area contributed by atoms with Gasteiger partial charge in [0.05, 0.1) is 15.6 Å². The number of aryl methyl sites for hydroxylation is 2. The van der Waals surface area contributed by atoms with Crippen molar-refractivity contribution < 1.29 is 17.9 Å². The number of benzene rings is 2. The lowest BCUT2D eigenvalue weighted by Crippen LogP contribution is -2.28. The predicted octanol–water partition coefficient (Wildman–Crippen LogP) is 3.27. The highest BCUT2D eigenvalue weighted by Crippen LogP contribution is 2.23. The van der Waals surface area contributed by atoms with E-state index in [0.29, 0.717) is 5.75 Å². The molecule has 0 saturated heterocycles. The molecule has 130 valence electrons. The SMILES string of the molecule is COc1ccc(S(=O)(=O)NCCOc2cc(C)ccc2C)cc1I. The molecule has 1 N–H and O–H groups in total. The van der Waals surface area contributed by atoms with Crippen LogP contribution in [0.2, 0.25) is 0 Å². The van der Waals surface area contributed by atoms with E-state index in [9.17, 15) is 8.42 Å². The molecule has 0 fully saturated rings. The van der Waals surface area contributed by atoms with Crippen LogP contribution in [0.1, 0.15) is 11.1 Å². The van der Waals surface area contributed by atoms with E-state index in [1.54, 1.807) is 19.2 Å². The summed E-state index contributed by atoms with van der Waals surface area (Å²) in [6, 6.07) is 10.7. The van der Waals surface area contributed by atoms with Gasteiger partial charge < -0.3 is 9.47 Å². The lowest BCUT2D eigenvalue weighted by atomic mass is 10.1. The fraction of sp³-hybridized carbons (Fsp3) is 0.294. The quantitative estimate of drug-likeness (QED) is 0.508. The van der Waals surface area contributed by atoms with Crippen LogP contribution < -0.4 is 14.2 Å². The molecule has 24 heavy (non-hydrogen) atoms. The molecule has 0 aliphatic rings. The fourth-order valence-electron chi connectivity index (χ4n) is 2.10. The van der Waals surface area contributed by atoms with Gasteiger partial charge in [-0.25, -0.2) is 13.1 Å². The molecule has 0 heterocycles. The number of rotatable bonds is 7. The largest absolute Gasteiger partial charge is 0.496 e. The second kappa shape index (κ2) is 8.17. The minimum Gasteiger partial charge on any atom is -0.496 e. The summed E-state index contributed by atoms with van der Waals surface area (Å²) in [5, 5.41) is 0. The van der Waals surface area contributed by atoms with Gasteiger partial charge in [-0.3, -0.25) is 0 Å². The van der Waals surface area contributed by atoms with E-state index in [-0.39, 0.29) is 18.0 Å². The van der Waals surface area contributed by atoms with Gasteiger partial charge in [-0.1, -0.05) is 12.1 Å². The van der Waals surface area contributed by atoms with Gasteiger partial charge in [0, 0.05) is 6.54 Å². The highest BCUT2D eigenvalue weighted by molar-refractivity contribution is 14.1. The average Bonchev–Trinajstić information content (AvgIpc) is 2.54. The van der Waals surface area contributed by atoms with E-state index >= 15 is 0 Å². The van der Waals surface area contributed by atoms with Crippen LogP contribution in [0.5, 0.6) is 11.5 Å². The maximum Gasteiger partial charge on any atom is 0.240 e. The summed E-state index contributed by atoms with van der Waals surface area (Å²) >= 11 is 2.04. The molecule has 7 heteroatoms. The van der Waals surface area contributed by atoms with E-state index in [1.165, 1.54) is 6.07 Å². The fourth-order valence-corrected chi connectivity index (χ4v) is 4.08. The minimum atomic E-state index is -3.57. The Balaban J connectivity index is 1.95. The summed E-state index contributed by atoms with van der Waals surface area (Å²) < 4.78 is 38.7. The zero-order valence-corrected chi connectivity index (χ0v) is 16.8. The van der Waals surface area contributed by atoms with Gasteiger partial charge in [-0.05, 0) is 71.8 Å². The topological polar surface area (TPSA) is 64.6 Å². The smallest absolute Gasteiger partial charge is 0.240 e. The molecule has 0 bridgehead atoms. The predicted molar refractivity (Wildman–Crippen MR) is 102 cm³/mol. The summed E-state index contributed by atoms with van der Waals surface area (Å²) in [5.74, 6) is 1.42. The summed E-state index contributed by atoms with van der Waals surface area (Å²) in [5.41, 5.74) is 2.12. The van der Waals surface area contributed by atoms with E-state index in [1.807, 2.05) is 54.6 Å². The maximum atomic E-state index is 12.3. The average molecular weight is 461 g/mol. The highest BCUT2D eigenvalue weighted by atomic mass is 127. The first kappa shape index (κ1) is 19.0. The standard InChI is InChI=1S/C17H20INO4S/c1-12-4-5-13(2)17(10-12)23-9-8-19-24(20,21)14-6-7-16(22-3)15(18)11-14/h4-7,10-11,19H,8-9H2,1-3H3. The lowest BCUT2D eigenvalue weighted by Gasteiger charge is -2.11. The van der Waals surface area contributed by atoms with Crippen molar-refractivity contribution >= 4 is 32.6 Å². The second-order valence-electron chi connectivity index (χ2n) is 5.31. The van der Waals surface area contributed by atoms with E-state index < -0.39 is 10.0 Å². The van der Waals surface area contributed by atoms with E-state index in [0.717, 1.165) is 20.4 Å². The third-order valence-corrected chi connectivity index (χ3v) is 5.73. The molecule has 0 saturated carbocycles. The molecule has 0 aliphatic carbocycles. The number of sulfonamides is 1. The zero-order chi connectivity index (χ0) is 17.7. The number of hydrogen-bond donors (Lipinski definition) is 1. The minimum absolute atomic E-state index is 0.193. The Hall–Kier alpha value is -1.32. The molecule has 0 aromatic heterocycles. The first-order valence-electron chi connectivity index (χ1n) is 7.37. The van der Waals surface area contributed by atoms with Crippen LogP contribution in [0.3, 0.4) is 0 Å². The monoisotopic (exact) mass is 461 g/mol. The lowest BCUT2D eigenvalue weighted by molar-refractivity contribution is 0.320. The van der Waals surface area contributed by atoms with Crippen LogP contribution in [0.25, 0.3) is 0 Å². The Labute approximate surface area is 156 Å². The highest BCUT2D eigenvalue weighted by Gasteiger charge is 2.15. The first-order chi connectivity index (χ1) is 11.3. The number of hydrogen-bond acceptors (Lipinski definition) is 4. The van der Waals surface area contributed by atoms with Crippen molar-refractivity contribution in [3.63, 3.8) is 0 Å². The first-order valence-corrected chi connectivity index (χ1v) is 9.93. The summed E-state index contributed by atoms with van der Waals surface area (Å²) in [6.45, 7) is 4.40. The molecule has 0 atom stereocenters. The Bertz CT molecular complexity index is 821. The van der Waals surface area contributed by atoms with Crippen molar-refractivity contribution in [1.82, 2.24) is 4.72 Å². The molecule has 0 unspecified atom stereocenters. The third-order valence-electron chi connectivity index (χ3n) is 3.43. The molecule has 0 amide bonds. The van der Waals surface area contributed by atoms with Gasteiger partial charge in [0.1, 0.15) is 18.1 Å². The van der Waals surface area contributed by atoms with Gasteiger partial charge in [0.2, 0.25) is 10.0 Å². The number of halogens is 1. The Kier molecular flexibility index (Phi) is 6.47. The van der Waals surface area contributed by atoms with Gasteiger partial charge >= 0.3 is 0 Å². The van der Waals surface area contributed by atoms with Crippen LogP contribution >= 0.6 is 22.6 Å². The van der Waals surface area contributed by atoms with Crippen molar-refractivity contribution in [1.29, 1.82) is 0 Å². The Morgan fingerprint density at radius 3 is 2.50 bits per heavy atom. The number of methoxy groups -OCH3 is 1. The van der Waals surface area contributed by atoms with Gasteiger partial charge in [-0.15, -0.1) is 0 Å². The molecule has 0 spiro atoms.